The van der Waals surface area contributed by atoms with E-state index in [1.54, 1.807) is 0 Å². The lowest BCUT2D eigenvalue weighted by atomic mass is 10.3. The first-order chi connectivity index (χ1) is 8.23. The van der Waals surface area contributed by atoms with Gasteiger partial charge in [-0.1, -0.05) is 12.1 Å². The molecule has 0 radical (unpaired) electrons. The molecule has 1 aromatic carbocycles. The first kappa shape index (κ1) is 13.9. The average molecular weight is 276 g/mol. The van der Waals surface area contributed by atoms with Crippen molar-refractivity contribution in [3.8, 4) is 5.75 Å². The van der Waals surface area contributed by atoms with E-state index in [0.29, 0.717) is 0 Å². The van der Waals surface area contributed by atoms with Crippen molar-refractivity contribution >= 4 is 22.1 Å². The summed E-state index contributed by atoms with van der Waals surface area (Å²) in [6.07, 6.45) is -2.27. The Hall–Kier alpha value is -2.13. The lowest BCUT2D eigenvalue weighted by molar-refractivity contribution is -0.159. The fourth-order valence-corrected chi connectivity index (χ4v) is 1.71. The molecular formula is C9H8O8S. The van der Waals surface area contributed by atoms with Crippen LogP contribution >= 0.6 is 0 Å². The van der Waals surface area contributed by atoms with Gasteiger partial charge < -0.3 is 14.9 Å². The van der Waals surface area contributed by atoms with E-state index in [1.165, 1.54) is 12.1 Å². The van der Waals surface area contributed by atoms with E-state index in [0.717, 1.165) is 12.1 Å². The van der Waals surface area contributed by atoms with Gasteiger partial charge in [-0.05, 0) is 12.1 Å². The molecule has 0 unspecified atom stereocenters. The molecule has 0 spiro atoms. The molecule has 0 aliphatic rings. The van der Waals surface area contributed by atoms with Gasteiger partial charge in [0.05, 0.1) is 0 Å². The van der Waals surface area contributed by atoms with E-state index in [2.05, 4.69) is 4.74 Å². The molecule has 18 heavy (non-hydrogen) atoms. The Morgan fingerprint density at radius 2 is 1.61 bits per heavy atom. The molecule has 0 bridgehead atoms. The van der Waals surface area contributed by atoms with Crippen LogP contribution in [0.5, 0.6) is 5.75 Å². The van der Waals surface area contributed by atoms with Crippen LogP contribution in [0.1, 0.15) is 0 Å². The Morgan fingerprint density at radius 3 is 2.06 bits per heavy atom. The van der Waals surface area contributed by atoms with Crippen molar-refractivity contribution in [1.82, 2.24) is 0 Å². The summed E-state index contributed by atoms with van der Waals surface area (Å²) in [5.74, 6) is -4.16. The topological polar surface area (TPSA) is 138 Å². The molecule has 0 fully saturated rings. The van der Waals surface area contributed by atoms with Gasteiger partial charge in [-0.2, -0.15) is 8.42 Å². The highest BCUT2D eigenvalue weighted by molar-refractivity contribution is 7.86. The Balaban J connectivity index is 3.19. The molecule has 0 amide bonds. The molecular weight excluding hydrogens is 268 g/mol. The second-order valence-electron chi connectivity index (χ2n) is 3.10. The van der Waals surface area contributed by atoms with E-state index < -0.39 is 38.8 Å². The summed E-state index contributed by atoms with van der Waals surface area (Å²) in [6, 6.07) is 4.53. The minimum Gasteiger partial charge on any atom is -0.478 e. The summed E-state index contributed by atoms with van der Waals surface area (Å²) in [5.41, 5.74) is 0. The number of carboxylic acids is 2. The third kappa shape index (κ3) is 3.18. The number of benzene rings is 1. The number of hydrogen-bond donors (Lipinski definition) is 3. The highest BCUT2D eigenvalue weighted by Crippen LogP contribution is 2.24. The van der Waals surface area contributed by atoms with E-state index in [-0.39, 0.29) is 0 Å². The van der Waals surface area contributed by atoms with E-state index in [4.69, 9.17) is 14.8 Å². The lowest BCUT2D eigenvalue weighted by Crippen LogP contribution is -2.35. The molecule has 3 N–H and O–H groups in total. The van der Waals surface area contributed by atoms with Gasteiger partial charge in [-0.25, -0.2) is 9.59 Å². The van der Waals surface area contributed by atoms with Crippen LogP contribution in [0.15, 0.2) is 29.2 Å². The van der Waals surface area contributed by atoms with Crippen LogP contribution in [-0.2, 0) is 19.7 Å². The van der Waals surface area contributed by atoms with E-state index in [9.17, 15) is 18.0 Å². The van der Waals surface area contributed by atoms with Crippen LogP contribution in [0.2, 0.25) is 0 Å². The first-order valence-corrected chi connectivity index (χ1v) is 5.86. The van der Waals surface area contributed by atoms with Gasteiger partial charge in [-0.15, -0.1) is 0 Å². The number of aliphatic carboxylic acids is 2. The molecule has 1 aromatic rings. The average Bonchev–Trinajstić information content (AvgIpc) is 2.24. The molecule has 1 rings (SSSR count). The fourth-order valence-electron chi connectivity index (χ4n) is 1.09. The fraction of sp³-hybridized carbons (Fsp3) is 0.111. The Morgan fingerprint density at radius 1 is 1.11 bits per heavy atom. The van der Waals surface area contributed by atoms with Gasteiger partial charge in [0.15, 0.2) is 0 Å². The van der Waals surface area contributed by atoms with Gasteiger partial charge in [0.25, 0.3) is 16.2 Å². The molecule has 9 heteroatoms. The smallest absolute Gasteiger partial charge is 0.356 e. The number of hydrogen-bond acceptors (Lipinski definition) is 5. The zero-order chi connectivity index (χ0) is 13.9. The predicted molar refractivity (Wildman–Crippen MR) is 55.9 cm³/mol. The van der Waals surface area contributed by atoms with Crippen LogP contribution in [0.4, 0.5) is 0 Å². The SMILES string of the molecule is O=C(O)C(Oc1ccccc1S(=O)(=O)O)C(=O)O. The minimum absolute atomic E-state index is 0.560. The number of carboxylic acid groups (broad SMARTS) is 2. The Labute approximate surface area is 101 Å². The van der Waals surface area contributed by atoms with Crippen LogP contribution in [0.3, 0.4) is 0 Å². The summed E-state index contributed by atoms with van der Waals surface area (Å²) >= 11 is 0. The van der Waals surface area contributed by atoms with Gasteiger partial charge in [-0.3, -0.25) is 4.55 Å². The molecule has 0 saturated heterocycles. The van der Waals surface area contributed by atoms with E-state index >= 15 is 0 Å². The number of ether oxygens (including phenoxy) is 1. The zero-order valence-corrected chi connectivity index (χ0v) is 9.49. The van der Waals surface area contributed by atoms with Crippen molar-refractivity contribution in [1.29, 1.82) is 0 Å². The number of carbonyl (C=O) groups is 2. The normalized spacial score (nSPS) is 11.2. The van der Waals surface area contributed by atoms with Crippen LogP contribution in [0.25, 0.3) is 0 Å². The summed E-state index contributed by atoms with van der Waals surface area (Å²) in [4.78, 5) is 20.5. The minimum atomic E-state index is -4.64. The highest BCUT2D eigenvalue weighted by Gasteiger charge is 2.30. The van der Waals surface area contributed by atoms with Crippen molar-refractivity contribution in [2.24, 2.45) is 0 Å². The molecule has 0 saturated carbocycles. The Kier molecular flexibility index (Phi) is 3.89. The van der Waals surface area contributed by atoms with Crippen LogP contribution < -0.4 is 4.74 Å². The van der Waals surface area contributed by atoms with Gasteiger partial charge >= 0.3 is 11.9 Å². The molecule has 8 nitrogen and oxygen atoms in total. The van der Waals surface area contributed by atoms with Crippen molar-refractivity contribution in [3.63, 3.8) is 0 Å². The highest BCUT2D eigenvalue weighted by atomic mass is 32.2. The zero-order valence-electron chi connectivity index (χ0n) is 8.68. The summed E-state index contributed by atoms with van der Waals surface area (Å²) in [5, 5.41) is 17.2. The van der Waals surface area contributed by atoms with Crippen molar-refractivity contribution in [2.75, 3.05) is 0 Å². The molecule has 0 heterocycles. The quantitative estimate of drug-likeness (QED) is 0.498. The lowest BCUT2D eigenvalue weighted by Gasteiger charge is -2.12. The Bertz CT molecular complexity index is 562. The molecule has 0 aromatic heterocycles. The van der Waals surface area contributed by atoms with Gasteiger partial charge in [0.2, 0.25) is 0 Å². The predicted octanol–water partition coefficient (Wildman–Crippen LogP) is -0.150. The largest absolute Gasteiger partial charge is 0.478 e. The summed E-state index contributed by atoms with van der Waals surface area (Å²) in [6.45, 7) is 0. The molecule has 0 atom stereocenters. The summed E-state index contributed by atoms with van der Waals surface area (Å²) in [7, 11) is -4.64. The van der Waals surface area contributed by atoms with E-state index in [1.807, 2.05) is 0 Å². The molecule has 98 valence electrons. The van der Waals surface area contributed by atoms with Crippen molar-refractivity contribution in [2.45, 2.75) is 11.0 Å². The third-order valence-corrected chi connectivity index (χ3v) is 2.71. The monoisotopic (exact) mass is 276 g/mol. The molecule has 0 aliphatic carbocycles. The van der Waals surface area contributed by atoms with Crippen LogP contribution in [0, 0.1) is 0 Å². The number of para-hydroxylation sites is 1. The second kappa shape index (κ2) is 5.02. The van der Waals surface area contributed by atoms with Gasteiger partial charge in [0, 0.05) is 0 Å². The molecule has 0 aliphatic heterocycles. The standard InChI is InChI=1S/C9H8O8S/c10-8(11)7(9(12)13)17-5-3-1-2-4-6(5)18(14,15)16/h1-4,7H,(H,10,11)(H,12,13)(H,14,15,16). The third-order valence-electron chi connectivity index (χ3n) is 1.82. The maximum absolute atomic E-state index is 11.0. The van der Waals surface area contributed by atoms with Crippen molar-refractivity contribution < 1.29 is 37.5 Å². The van der Waals surface area contributed by atoms with Crippen LogP contribution in [-0.4, -0.2) is 41.2 Å². The maximum Gasteiger partial charge on any atom is 0.356 e. The van der Waals surface area contributed by atoms with Crippen molar-refractivity contribution in [3.05, 3.63) is 24.3 Å². The summed E-state index contributed by atoms with van der Waals surface area (Å²) < 4.78 is 35.3. The maximum atomic E-state index is 11.0. The first-order valence-electron chi connectivity index (χ1n) is 4.42. The van der Waals surface area contributed by atoms with Gasteiger partial charge in [0.1, 0.15) is 10.6 Å². The number of rotatable bonds is 5. The second-order valence-corrected chi connectivity index (χ2v) is 4.49.